The monoisotopic (exact) mass is 352 g/mol. The van der Waals surface area contributed by atoms with E-state index in [2.05, 4.69) is 0 Å². The standard InChI is InChI=1S/C16H20N2O7/c1-17-9(4-5-10(17)19)8-3-2-6-18(7-8)15-13(22)11(20)12(21)14(25-15)16(23)24/h2-3,6-7,9,11-15,20-22H,4-5H2,1H3/t9-,11?,12?,13?,14?,15?/m0/s1. The van der Waals surface area contributed by atoms with E-state index >= 15 is 0 Å². The van der Waals surface area contributed by atoms with Gasteiger partial charge in [0.05, 0.1) is 12.0 Å². The van der Waals surface area contributed by atoms with Gasteiger partial charge in [0.1, 0.15) is 18.3 Å². The predicted octanol–water partition coefficient (Wildman–Crippen LogP) is -3.00. The Morgan fingerprint density at radius 2 is 2.04 bits per heavy atom. The molecule has 9 heteroatoms. The van der Waals surface area contributed by atoms with Crippen molar-refractivity contribution in [1.29, 1.82) is 0 Å². The van der Waals surface area contributed by atoms with E-state index in [9.17, 15) is 30.0 Å². The van der Waals surface area contributed by atoms with Gasteiger partial charge in [0, 0.05) is 25.1 Å². The van der Waals surface area contributed by atoms with Gasteiger partial charge in [-0.05, 0) is 12.5 Å². The second-order valence-corrected chi connectivity index (χ2v) is 6.38. The fourth-order valence-electron chi connectivity index (χ4n) is 3.36. The van der Waals surface area contributed by atoms with Gasteiger partial charge in [0.15, 0.2) is 18.5 Å². The maximum atomic E-state index is 11.7. The molecule has 0 bridgehead atoms. The van der Waals surface area contributed by atoms with Crippen LogP contribution in [-0.4, -0.2) is 63.6 Å². The van der Waals surface area contributed by atoms with E-state index in [0.29, 0.717) is 12.8 Å². The van der Waals surface area contributed by atoms with Crippen molar-refractivity contribution in [2.45, 2.75) is 49.5 Å². The molecule has 1 amide bonds. The lowest BCUT2D eigenvalue weighted by Crippen LogP contribution is -2.65. The van der Waals surface area contributed by atoms with Crippen molar-refractivity contribution in [3.05, 3.63) is 30.1 Å². The molecule has 25 heavy (non-hydrogen) atoms. The lowest BCUT2D eigenvalue weighted by Gasteiger charge is -2.37. The van der Waals surface area contributed by atoms with Crippen LogP contribution in [0, 0.1) is 0 Å². The summed E-state index contributed by atoms with van der Waals surface area (Å²) in [4.78, 5) is 24.4. The quantitative estimate of drug-likeness (QED) is 0.494. The fourth-order valence-corrected chi connectivity index (χ4v) is 3.36. The molecule has 3 rings (SSSR count). The van der Waals surface area contributed by atoms with E-state index < -0.39 is 36.6 Å². The van der Waals surface area contributed by atoms with Crippen molar-refractivity contribution in [1.82, 2.24) is 4.90 Å². The molecular weight excluding hydrogens is 332 g/mol. The van der Waals surface area contributed by atoms with Crippen LogP contribution in [0.4, 0.5) is 0 Å². The Labute approximate surface area is 143 Å². The molecule has 1 aromatic rings. The highest BCUT2D eigenvalue weighted by atomic mass is 16.6. The van der Waals surface area contributed by atoms with Gasteiger partial charge in [-0.15, -0.1) is 0 Å². The van der Waals surface area contributed by atoms with Crippen LogP contribution < -0.4 is 9.67 Å². The SMILES string of the molecule is CN1C(=O)CC[C@H]1c1ccc[n+](C2OC(C(=O)[O-])C(O)C(O)C2O)c1. The summed E-state index contributed by atoms with van der Waals surface area (Å²) >= 11 is 0. The molecule has 0 aromatic carbocycles. The molecule has 2 fully saturated rings. The van der Waals surface area contributed by atoms with Crippen LogP contribution in [0.5, 0.6) is 0 Å². The number of carboxylic acids is 1. The molecular formula is C16H20N2O7. The lowest BCUT2D eigenvalue weighted by atomic mass is 9.97. The van der Waals surface area contributed by atoms with Gasteiger partial charge >= 0.3 is 0 Å². The highest BCUT2D eigenvalue weighted by Crippen LogP contribution is 2.31. The van der Waals surface area contributed by atoms with E-state index in [0.717, 1.165) is 5.56 Å². The Kier molecular flexibility index (Phi) is 4.74. The average Bonchev–Trinajstić information content (AvgIpc) is 2.92. The Balaban J connectivity index is 1.89. The van der Waals surface area contributed by atoms with Crippen molar-refractivity contribution in [3.63, 3.8) is 0 Å². The zero-order valence-electron chi connectivity index (χ0n) is 13.6. The Hall–Kier alpha value is -2.07. The number of hydrogen-bond acceptors (Lipinski definition) is 7. The summed E-state index contributed by atoms with van der Waals surface area (Å²) in [7, 11) is 1.70. The van der Waals surface area contributed by atoms with Crippen LogP contribution >= 0.6 is 0 Å². The molecule has 3 heterocycles. The number of nitrogens with zero attached hydrogens (tertiary/aromatic N) is 2. The minimum atomic E-state index is -1.79. The molecule has 3 N–H and O–H groups in total. The first-order valence-corrected chi connectivity index (χ1v) is 7.98. The number of pyridine rings is 1. The van der Waals surface area contributed by atoms with Crippen LogP contribution in [0.15, 0.2) is 24.5 Å². The number of aliphatic carboxylic acids is 1. The molecule has 0 radical (unpaired) electrons. The molecule has 6 atom stereocenters. The number of hydrogen-bond donors (Lipinski definition) is 3. The highest BCUT2D eigenvalue weighted by molar-refractivity contribution is 5.78. The number of rotatable bonds is 3. The zero-order chi connectivity index (χ0) is 18.3. The molecule has 0 spiro atoms. The first-order valence-electron chi connectivity index (χ1n) is 7.98. The summed E-state index contributed by atoms with van der Waals surface area (Å²) in [5.41, 5.74) is 0.789. The maximum absolute atomic E-state index is 11.7. The Morgan fingerprint density at radius 3 is 2.64 bits per heavy atom. The molecule has 0 saturated carbocycles. The van der Waals surface area contributed by atoms with Crippen molar-refractivity contribution in [3.8, 4) is 0 Å². The van der Waals surface area contributed by atoms with E-state index in [-0.39, 0.29) is 11.9 Å². The summed E-state index contributed by atoms with van der Waals surface area (Å²) in [5.74, 6) is -1.65. The summed E-state index contributed by atoms with van der Waals surface area (Å²) in [5, 5.41) is 40.9. The van der Waals surface area contributed by atoms with Crippen molar-refractivity contribution >= 4 is 11.9 Å². The molecule has 9 nitrogen and oxygen atoms in total. The topological polar surface area (TPSA) is 134 Å². The summed E-state index contributed by atoms with van der Waals surface area (Å²) in [6.45, 7) is 0. The van der Waals surface area contributed by atoms with Crippen molar-refractivity contribution < 1.29 is 39.3 Å². The van der Waals surface area contributed by atoms with Gasteiger partial charge in [-0.25, -0.2) is 0 Å². The van der Waals surface area contributed by atoms with Gasteiger partial charge in [0.2, 0.25) is 5.91 Å². The van der Waals surface area contributed by atoms with Crippen LogP contribution in [0.3, 0.4) is 0 Å². The van der Waals surface area contributed by atoms with E-state index in [4.69, 9.17) is 4.74 Å². The number of carbonyl (C=O) groups excluding carboxylic acids is 2. The molecule has 2 aliphatic rings. The number of carbonyl (C=O) groups is 2. The number of carboxylic acid groups (broad SMARTS) is 1. The van der Waals surface area contributed by atoms with E-state index in [1.165, 1.54) is 4.57 Å². The number of ether oxygens (including phenoxy) is 1. The van der Waals surface area contributed by atoms with Crippen LogP contribution in [0.1, 0.15) is 30.7 Å². The smallest absolute Gasteiger partial charge is 0.292 e. The number of likely N-dealkylation sites (tertiary alicyclic amines) is 1. The van der Waals surface area contributed by atoms with Crippen molar-refractivity contribution in [2.24, 2.45) is 0 Å². The van der Waals surface area contributed by atoms with Crippen LogP contribution in [0.25, 0.3) is 0 Å². The summed E-state index contributed by atoms with van der Waals surface area (Å²) in [6.07, 6.45) is -3.75. The number of aliphatic hydroxyl groups excluding tert-OH is 3. The lowest BCUT2D eigenvalue weighted by molar-refractivity contribution is -0.777. The average molecular weight is 352 g/mol. The first-order chi connectivity index (χ1) is 11.8. The van der Waals surface area contributed by atoms with Crippen LogP contribution in [-0.2, 0) is 14.3 Å². The normalized spacial score (nSPS) is 35.8. The van der Waals surface area contributed by atoms with E-state index in [1.54, 1.807) is 30.4 Å². The summed E-state index contributed by atoms with van der Waals surface area (Å²) in [6, 6.07) is 3.36. The Bertz CT molecular complexity index is 682. The van der Waals surface area contributed by atoms with Crippen molar-refractivity contribution in [2.75, 3.05) is 7.05 Å². The molecule has 2 aliphatic heterocycles. The third-order valence-corrected chi connectivity index (χ3v) is 4.84. The summed E-state index contributed by atoms with van der Waals surface area (Å²) < 4.78 is 6.67. The highest BCUT2D eigenvalue weighted by Gasteiger charge is 2.49. The zero-order valence-corrected chi connectivity index (χ0v) is 13.6. The van der Waals surface area contributed by atoms with Crippen LogP contribution in [0.2, 0.25) is 0 Å². The largest absolute Gasteiger partial charge is 0.547 e. The van der Waals surface area contributed by atoms with Gasteiger partial charge in [0.25, 0.3) is 6.23 Å². The molecule has 2 saturated heterocycles. The predicted molar refractivity (Wildman–Crippen MR) is 78.3 cm³/mol. The molecule has 136 valence electrons. The second-order valence-electron chi connectivity index (χ2n) is 6.38. The number of aliphatic hydroxyl groups is 3. The van der Waals surface area contributed by atoms with E-state index in [1.807, 2.05) is 6.07 Å². The van der Waals surface area contributed by atoms with Gasteiger partial charge in [-0.3, -0.25) is 4.79 Å². The minimum Gasteiger partial charge on any atom is -0.547 e. The third kappa shape index (κ3) is 3.11. The number of aromatic nitrogens is 1. The second kappa shape index (κ2) is 6.68. The molecule has 0 aliphatic carbocycles. The molecule has 1 aromatic heterocycles. The fraction of sp³-hybridized carbons (Fsp3) is 0.562. The Morgan fingerprint density at radius 1 is 1.32 bits per heavy atom. The van der Waals surface area contributed by atoms with Gasteiger partial charge in [-0.2, -0.15) is 4.57 Å². The number of amides is 1. The van der Waals surface area contributed by atoms with Gasteiger partial charge < -0.3 is 34.9 Å². The third-order valence-electron chi connectivity index (χ3n) is 4.84. The molecule has 5 unspecified atom stereocenters. The maximum Gasteiger partial charge on any atom is 0.292 e. The first kappa shape index (κ1) is 17.7. The minimum absolute atomic E-state index is 0.0323. The van der Waals surface area contributed by atoms with Gasteiger partial charge in [-0.1, -0.05) is 0 Å².